The Labute approximate surface area is 125 Å². The number of benzene rings is 2. The van der Waals surface area contributed by atoms with Gasteiger partial charge in [0.1, 0.15) is 0 Å². The minimum absolute atomic E-state index is 0.771. The Morgan fingerprint density at radius 3 is 2.76 bits per heavy atom. The van der Waals surface area contributed by atoms with Gasteiger partial charge in [0.15, 0.2) is 11.0 Å². The van der Waals surface area contributed by atoms with Crippen molar-refractivity contribution >= 4 is 27.9 Å². The van der Waals surface area contributed by atoms with Gasteiger partial charge < -0.3 is 0 Å². The number of imidazole rings is 1. The Bertz CT molecular complexity index is 820. The molecule has 0 amide bonds. The molecular formula is C19H21N2+. The van der Waals surface area contributed by atoms with Crippen LogP contribution in [-0.2, 0) is 7.05 Å². The molecule has 0 aliphatic heterocycles. The van der Waals surface area contributed by atoms with E-state index in [4.69, 9.17) is 0 Å². The Morgan fingerprint density at radius 2 is 1.90 bits per heavy atom. The number of hydrogen-bond donors (Lipinski definition) is 1. The summed E-state index contributed by atoms with van der Waals surface area (Å²) in [5.41, 5.74) is 2.50. The summed E-state index contributed by atoms with van der Waals surface area (Å²) in [5.74, 6) is 1.96. The summed E-state index contributed by atoms with van der Waals surface area (Å²) in [6.07, 6.45) is 10.1. The molecular weight excluding hydrogens is 256 g/mol. The zero-order valence-electron chi connectivity index (χ0n) is 12.5. The second-order valence-electron chi connectivity index (χ2n) is 6.15. The highest BCUT2D eigenvalue weighted by molar-refractivity contribution is 6.03. The van der Waals surface area contributed by atoms with Gasteiger partial charge in [0.2, 0.25) is 0 Å². The molecule has 1 aliphatic carbocycles. The first-order valence-corrected chi connectivity index (χ1v) is 7.90. The molecule has 2 nitrogen and oxygen atoms in total. The lowest BCUT2D eigenvalue weighted by atomic mass is 10.1. The Morgan fingerprint density at radius 1 is 1.10 bits per heavy atom. The van der Waals surface area contributed by atoms with Crippen LogP contribution in [0.25, 0.3) is 27.9 Å². The van der Waals surface area contributed by atoms with Gasteiger partial charge in [0, 0.05) is 11.5 Å². The minimum Gasteiger partial charge on any atom is -0.236 e. The molecule has 21 heavy (non-hydrogen) atoms. The molecule has 0 atom stereocenters. The summed E-state index contributed by atoms with van der Waals surface area (Å²) < 4.78 is 2.26. The molecule has 0 spiro atoms. The summed E-state index contributed by atoms with van der Waals surface area (Å²) in [5, 5.41) is 2.59. The Hall–Kier alpha value is -2.09. The van der Waals surface area contributed by atoms with Crippen LogP contribution in [0.2, 0.25) is 0 Å². The maximum atomic E-state index is 3.61. The molecule has 1 aromatic heterocycles. The van der Waals surface area contributed by atoms with E-state index in [0.717, 1.165) is 5.92 Å². The van der Waals surface area contributed by atoms with Crippen molar-refractivity contribution in [2.45, 2.75) is 25.7 Å². The van der Waals surface area contributed by atoms with E-state index in [1.807, 2.05) is 0 Å². The second-order valence-corrected chi connectivity index (χ2v) is 6.15. The third kappa shape index (κ3) is 2.15. The van der Waals surface area contributed by atoms with Crippen LogP contribution in [-0.4, -0.2) is 4.98 Å². The number of aromatic amines is 1. The van der Waals surface area contributed by atoms with E-state index in [2.05, 4.69) is 65.1 Å². The van der Waals surface area contributed by atoms with Crippen LogP contribution < -0.4 is 4.57 Å². The fourth-order valence-corrected chi connectivity index (χ4v) is 3.54. The highest BCUT2D eigenvalue weighted by Gasteiger charge is 2.17. The van der Waals surface area contributed by atoms with E-state index in [1.54, 1.807) is 0 Å². The molecule has 1 aliphatic rings. The molecule has 0 radical (unpaired) electrons. The molecule has 0 saturated heterocycles. The van der Waals surface area contributed by atoms with Gasteiger partial charge in [0.05, 0.1) is 7.05 Å². The SMILES string of the molecule is C[n+]1c(C=CC2CCCC2)[nH]c2c3ccccc3ccc21. The van der Waals surface area contributed by atoms with Gasteiger partial charge >= 0.3 is 0 Å². The number of aromatic nitrogens is 2. The number of nitrogens with one attached hydrogen (secondary N) is 1. The van der Waals surface area contributed by atoms with Crippen LogP contribution in [0.15, 0.2) is 42.5 Å². The van der Waals surface area contributed by atoms with Crippen molar-refractivity contribution in [2.24, 2.45) is 13.0 Å². The van der Waals surface area contributed by atoms with E-state index in [9.17, 15) is 0 Å². The number of hydrogen-bond acceptors (Lipinski definition) is 0. The molecule has 1 heterocycles. The first-order valence-electron chi connectivity index (χ1n) is 7.90. The van der Waals surface area contributed by atoms with Crippen LogP contribution in [0.5, 0.6) is 0 Å². The van der Waals surface area contributed by atoms with Gasteiger partial charge in [-0.05, 0) is 42.3 Å². The quantitative estimate of drug-likeness (QED) is 0.672. The van der Waals surface area contributed by atoms with Crippen molar-refractivity contribution in [1.82, 2.24) is 4.98 Å². The lowest BCUT2D eigenvalue weighted by Crippen LogP contribution is -2.29. The number of fused-ring (bicyclic) bond motifs is 3. The van der Waals surface area contributed by atoms with Crippen LogP contribution in [0.4, 0.5) is 0 Å². The number of aryl methyl sites for hydroxylation is 1. The number of nitrogens with zero attached hydrogens (tertiary/aromatic N) is 1. The van der Waals surface area contributed by atoms with Gasteiger partial charge in [-0.3, -0.25) is 0 Å². The van der Waals surface area contributed by atoms with Gasteiger partial charge in [-0.1, -0.05) is 37.1 Å². The van der Waals surface area contributed by atoms with Crippen molar-refractivity contribution in [2.75, 3.05) is 0 Å². The molecule has 1 fully saturated rings. The standard InChI is InChI=1S/C19H20N2/c1-21-17-12-11-15-8-4-5-9-16(15)19(17)20-18(21)13-10-14-6-2-3-7-14/h4-5,8-14H,2-3,6-7H2,1H3/p+1. The van der Waals surface area contributed by atoms with Crippen molar-refractivity contribution in [1.29, 1.82) is 0 Å². The summed E-state index contributed by atoms with van der Waals surface area (Å²) in [4.78, 5) is 3.61. The largest absolute Gasteiger partial charge is 0.279 e. The highest BCUT2D eigenvalue weighted by atomic mass is 15.1. The Kier molecular flexibility index (Phi) is 3.03. The molecule has 0 unspecified atom stereocenters. The van der Waals surface area contributed by atoms with Crippen LogP contribution in [0.3, 0.4) is 0 Å². The topological polar surface area (TPSA) is 19.7 Å². The van der Waals surface area contributed by atoms with Gasteiger partial charge in [-0.2, -0.15) is 0 Å². The fourth-order valence-electron chi connectivity index (χ4n) is 3.54. The third-order valence-corrected chi connectivity index (χ3v) is 4.81. The lowest BCUT2D eigenvalue weighted by molar-refractivity contribution is -0.646. The second kappa shape index (κ2) is 5.03. The summed E-state index contributed by atoms with van der Waals surface area (Å²) in [7, 11) is 2.14. The normalized spacial score (nSPS) is 16.6. The van der Waals surface area contributed by atoms with E-state index < -0.39 is 0 Å². The highest BCUT2D eigenvalue weighted by Crippen LogP contribution is 2.27. The summed E-state index contributed by atoms with van der Waals surface area (Å²) in [6, 6.07) is 13.0. The average molecular weight is 277 g/mol. The van der Waals surface area contributed by atoms with E-state index in [-0.39, 0.29) is 0 Å². The van der Waals surface area contributed by atoms with E-state index in [0.29, 0.717) is 0 Å². The third-order valence-electron chi connectivity index (χ3n) is 4.81. The van der Waals surface area contributed by atoms with E-state index >= 15 is 0 Å². The molecule has 0 bridgehead atoms. The molecule has 1 saturated carbocycles. The zero-order chi connectivity index (χ0) is 14.2. The minimum atomic E-state index is 0.771. The van der Waals surface area contributed by atoms with Crippen molar-refractivity contribution < 1.29 is 4.57 Å². The predicted octanol–water partition coefficient (Wildman–Crippen LogP) is 4.35. The summed E-state index contributed by atoms with van der Waals surface area (Å²) in [6.45, 7) is 0. The summed E-state index contributed by atoms with van der Waals surface area (Å²) >= 11 is 0. The monoisotopic (exact) mass is 277 g/mol. The molecule has 2 heteroatoms. The zero-order valence-corrected chi connectivity index (χ0v) is 12.5. The average Bonchev–Trinajstić information content (AvgIpc) is 3.14. The van der Waals surface area contributed by atoms with E-state index in [1.165, 1.54) is 53.3 Å². The molecule has 1 N–H and O–H groups in total. The van der Waals surface area contributed by atoms with Crippen LogP contribution >= 0.6 is 0 Å². The lowest BCUT2D eigenvalue weighted by Gasteiger charge is -1.98. The van der Waals surface area contributed by atoms with Gasteiger partial charge in [-0.25, -0.2) is 9.55 Å². The number of rotatable bonds is 2. The maximum Gasteiger partial charge on any atom is 0.279 e. The number of H-pyrrole nitrogens is 1. The van der Waals surface area contributed by atoms with Crippen molar-refractivity contribution in [3.63, 3.8) is 0 Å². The fraction of sp³-hybridized carbons (Fsp3) is 0.316. The predicted molar refractivity (Wildman–Crippen MR) is 88.0 cm³/mol. The van der Waals surface area contributed by atoms with Crippen molar-refractivity contribution in [3.05, 3.63) is 48.3 Å². The van der Waals surface area contributed by atoms with Crippen LogP contribution in [0, 0.1) is 5.92 Å². The van der Waals surface area contributed by atoms with Gasteiger partial charge in [-0.15, -0.1) is 0 Å². The van der Waals surface area contributed by atoms with Gasteiger partial charge in [0.25, 0.3) is 5.82 Å². The Balaban J connectivity index is 1.83. The molecule has 4 rings (SSSR count). The first-order chi connectivity index (χ1) is 10.3. The first kappa shape index (κ1) is 12.6. The number of allylic oxidation sites excluding steroid dienone is 1. The van der Waals surface area contributed by atoms with Crippen LogP contribution in [0.1, 0.15) is 31.5 Å². The molecule has 2 aromatic carbocycles. The van der Waals surface area contributed by atoms with Crippen molar-refractivity contribution in [3.8, 4) is 0 Å². The molecule has 3 aromatic rings. The maximum absolute atomic E-state index is 3.61. The smallest absolute Gasteiger partial charge is 0.236 e. The molecule has 106 valence electrons.